The first-order valence-corrected chi connectivity index (χ1v) is 11.0. The maximum Gasteiger partial charge on any atom is 0.270 e. The fourth-order valence-corrected chi connectivity index (χ4v) is 4.16. The number of fused-ring (bicyclic) bond motifs is 1. The van der Waals surface area contributed by atoms with Crippen molar-refractivity contribution in [3.05, 3.63) is 53.0 Å². The Morgan fingerprint density at radius 2 is 2.03 bits per heavy atom. The van der Waals surface area contributed by atoms with Crippen molar-refractivity contribution < 1.29 is 14.7 Å². The highest BCUT2D eigenvalue weighted by Crippen LogP contribution is 2.20. The Bertz CT molecular complexity index is 991. The molecule has 2 aliphatic rings. The van der Waals surface area contributed by atoms with Crippen LogP contribution in [-0.2, 0) is 17.8 Å². The number of likely N-dealkylation sites (tertiary alicyclic amines) is 1. The third-order valence-corrected chi connectivity index (χ3v) is 6.00. The van der Waals surface area contributed by atoms with Crippen LogP contribution in [0.2, 0.25) is 0 Å². The number of hydrogen-bond donors (Lipinski definition) is 3. The zero-order valence-corrected chi connectivity index (χ0v) is 18.5. The second-order valence-corrected chi connectivity index (χ2v) is 8.67. The number of hydrogen-bond acceptors (Lipinski definition) is 7. The smallest absolute Gasteiger partial charge is 0.270 e. The molecule has 3 heterocycles. The molecular weight excluding hydrogens is 408 g/mol. The van der Waals surface area contributed by atoms with Gasteiger partial charge in [-0.05, 0) is 24.5 Å². The molecule has 1 fully saturated rings. The molecule has 1 saturated heterocycles. The van der Waals surface area contributed by atoms with Crippen molar-refractivity contribution in [2.45, 2.75) is 39.0 Å². The van der Waals surface area contributed by atoms with Gasteiger partial charge in [-0.15, -0.1) is 0 Å². The van der Waals surface area contributed by atoms with E-state index < -0.39 is 6.10 Å². The number of carbonyl (C=O) groups is 2. The fraction of sp³-hybridized carbons (Fsp3) is 0.478. The molecule has 0 aliphatic carbocycles. The third-order valence-electron chi connectivity index (χ3n) is 6.00. The molecule has 1 aromatic heterocycles. The van der Waals surface area contributed by atoms with Gasteiger partial charge >= 0.3 is 0 Å². The number of rotatable bonds is 7. The monoisotopic (exact) mass is 438 g/mol. The molecule has 9 heteroatoms. The molecule has 170 valence electrons. The average Bonchev–Trinajstić information content (AvgIpc) is 2.74. The summed E-state index contributed by atoms with van der Waals surface area (Å²) < 4.78 is 0. The summed E-state index contributed by atoms with van der Waals surface area (Å²) in [6.45, 7) is 7.22. The van der Waals surface area contributed by atoms with Crippen molar-refractivity contribution in [2.24, 2.45) is 0 Å². The zero-order chi connectivity index (χ0) is 22.7. The average molecular weight is 439 g/mol. The summed E-state index contributed by atoms with van der Waals surface area (Å²) in [7, 11) is 0. The van der Waals surface area contributed by atoms with E-state index in [1.165, 1.54) is 23.0 Å². The Labute approximate surface area is 187 Å². The summed E-state index contributed by atoms with van der Waals surface area (Å²) in [5.41, 5.74) is 4.16. The van der Waals surface area contributed by atoms with Gasteiger partial charge in [-0.3, -0.25) is 14.5 Å². The fourth-order valence-electron chi connectivity index (χ4n) is 4.16. The van der Waals surface area contributed by atoms with Gasteiger partial charge in [0.1, 0.15) is 17.8 Å². The molecule has 2 amide bonds. The first kappa shape index (κ1) is 22.2. The Morgan fingerprint density at radius 1 is 1.22 bits per heavy atom. The number of β-amino-alcohol motifs (C(OH)–C–C–N with tert-alkyl or cyclic N) is 1. The Balaban J connectivity index is 1.23. The molecule has 32 heavy (non-hydrogen) atoms. The van der Waals surface area contributed by atoms with Crippen LogP contribution in [0.1, 0.15) is 34.1 Å². The molecule has 1 unspecified atom stereocenters. The molecule has 1 atom stereocenters. The topological polar surface area (TPSA) is 111 Å². The number of aromatic nitrogens is 2. The minimum absolute atomic E-state index is 0.0493. The third kappa shape index (κ3) is 5.41. The summed E-state index contributed by atoms with van der Waals surface area (Å²) in [4.78, 5) is 35.9. The predicted octanol–water partition coefficient (Wildman–Crippen LogP) is 0.577. The van der Waals surface area contributed by atoms with Gasteiger partial charge in [0.05, 0.1) is 12.1 Å². The van der Waals surface area contributed by atoms with Gasteiger partial charge in [0, 0.05) is 52.3 Å². The SMILES string of the molecule is CC(=O)N1CC(Nc2cc(C(=O)NCC(O)CN3CCc4ccc(C)cc4C3)ncn2)C1. The van der Waals surface area contributed by atoms with Crippen molar-refractivity contribution >= 4 is 17.6 Å². The summed E-state index contributed by atoms with van der Waals surface area (Å²) in [5.74, 6) is 0.238. The van der Waals surface area contributed by atoms with E-state index in [1.807, 2.05) is 0 Å². The summed E-state index contributed by atoms with van der Waals surface area (Å²) >= 11 is 0. The highest BCUT2D eigenvalue weighted by Gasteiger charge is 2.28. The van der Waals surface area contributed by atoms with E-state index in [-0.39, 0.29) is 30.1 Å². The Hall–Kier alpha value is -3.04. The maximum absolute atomic E-state index is 12.5. The number of aliphatic hydroxyl groups excluding tert-OH is 1. The van der Waals surface area contributed by atoms with Crippen LogP contribution in [0.3, 0.4) is 0 Å². The van der Waals surface area contributed by atoms with Gasteiger partial charge in [-0.25, -0.2) is 9.97 Å². The van der Waals surface area contributed by atoms with Gasteiger partial charge in [-0.2, -0.15) is 0 Å². The number of nitrogens with one attached hydrogen (secondary N) is 2. The van der Waals surface area contributed by atoms with Crippen molar-refractivity contribution in [1.29, 1.82) is 0 Å². The van der Waals surface area contributed by atoms with E-state index in [4.69, 9.17) is 0 Å². The second kappa shape index (κ2) is 9.62. The van der Waals surface area contributed by atoms with Crippen LogP contribution >= 0.6 is 0 Å². The quantitative estimate of drug-likeness (QED) is 0.580. The molecule has 2 aliphatic heterocycles. The molecule has 2 aromatic rings. The lowest BCUT2D eigenvalue weighted by atomic mass is 9.97. The van der Waals surface area contributed by atoms with Crippen LogP contribution in [0.4, 0.5) is 5.82 Å². The predicted molar refractivity (Wildman–Crippen MR) is 120 cm³/mol. The number of aliphatic hydroxyl groups is 1. The van der Waals surface area contributed by atoms with Gasteiger partial charge in [0.25, 0.3) is 5.91 Å². The molecule has 0 spiro atoms. The minimum Gasteiger partial charge on any atom is -0.390 e. The lowest BCUT2D eigenvalue weighted by Gasteiger charge is -2.39. The van der Waals surface area contributed by atoms with Crippen molar-refractivity contribution in [1.82, 2.24) is 25.1 Å². The lowest BCUT2D eigenvalue weighted by Crippen LogP contribution is -2.56. The number of amides is 2. The van der Waals surface area contributed by atoms with E-state index in [9.17, 15) is 14.7 Å². The first-order chi connectivity index (χ1) is 15.4. The van der Waals surface area contributed by atoms with E-state index in [0.717, 1.165) is 19.5 Å². The van der Waals surface area contributed by atoms with E-state index in [1.54, 1.807) is 17.9 Å². The van der Waals surface area contributed by atoms with Crippen LogP contribution < -0.4 is 10.6 Å². The molecular formula is C23H30N6O3. The second-order valence-electron chi connectivity index (χ2n) is 8.67. The van der Waals surface area contributed by atoms with Crippen molar-refractivity contribution in [3.8, 4) is 0 Å². The van der Waals surface area contributed by atoms with Crippen LogP contribution in [0.5, 0.6) is 0 Å². The van der Waals surface area contributed by atoms with Gasteiger partial charge in [0.2, 0.25) is 5.91 Å². The van der Waals surface area contributed by atoms with Gasteiger partial charge in [0.15, 0.2) is 0 Å². The van der Waals surface area contributed by atoms with Crippen LogP contribution in [0.15, 0.2) is 30.6 Å². The summed E-state index contributed by atoms with van der Waals surface area (Å²) in [6, 6.07) is 8.23. The zero-order valence-electron chi connectivity index (χ0n) is 18.5. The molecule has 0 bridgehead atoms. The van der Waals surface area contributed by atoms with E-state index >= 15 is 0 Å². The first-order valence-electron chi connectivity index (χ1n) is 11.0. The molecule has 0 saturated carbocycles. The highest BCUT2D eigenvalue weighted by atomic mass is 16.3. The van der Waals surface area contributed by atoms with Gasteiger partial charge < -0.3 is 20.6 Å². The number of nitrogens with zero attached hydrogens (tertiary/aromatic N) is 4. The number of benzene rings is 1. The molecule has 0 radical (unpaired) electrons. The Morgan fingerprint density at radius 3 is 2.81 bits per heavy atom. The maximum atomic E-state index is 12.5. The number of aryl methyl sites for hydroxylation is 1. The highest BCUT2D eigenvalue weighted by molar-refractivity contribution is 5.92. The van der Waals surface area contributed by atoms with Crippen LogP contribution in [-0.4, -0.2) is 81.6 Å². The normalized spacial score (nSPS) is 17.3. The van der Waals surface area contributed by atoms with Crippen molar-refractivity contribution in [3.63, 3.8) is 0 Å². The van der Waals surface area contributed by atoms with E-state index in [2.05, 4.69) is 50.6 Å². The summed E-state index contributed by atoms with van der Waals surface area (Å²) in [6.07, 6.45) is 1.64. The molecule has 9 nitrogen and oxygen atoms in total. The summed E-state index contributed by atoms with van der Waals surface area (Å²) in [5, 5.41) is 16.4. The minimum atomic E-state index is -0.669. The van der Waals surface area contributed by atoms with Gasteiger partial charge in [-0.1, -0.05) is 23.8 Å². The van der Waals surface area contributed by atoms with Crippen LogP contribution in [0.25, 0.3) is 0 Å². The van der Waals surface area contributed by atoms with Crippen LogP contribution in [0, 0.1) is 6.92 Å². The number of anilines is 1. The molecule has 1 aromatic carbocycles. The lowest BCUT2D eigenvalue weighted by molar-refractivity contribution is -0.132. The molecule has 3 N–H and O–H groups in total. The largest absolute Gasteiger partial charge is 0.390 e. The van der Waals surface area contributed by atoms with E-state index in [0.29, 0.717) is 25.5 Å². The molecule has 4 rings (SSSR count). The number of carbonyl (C=O) groups excluding carboxylic acids is 2. The Kier molecular flexibility index (Phi) is 6.66. The standard InChI is InChI=1S/C23H30N6O3/c1-15-3-4-17-5-6-28(10-18(17)7-15)13-20(31)9-24-23(32)21-8-22(26-14-25-21)27-19-11-29(12-19)16(2)30/h3-4,7-8,14,19-20,31H,5-6,9-13H2,1-2H3,(H,24,32)(H,25,26,27). The van der Waals surface area contributed by atoms with Crippen molar-refractivity contribution in [2.75, 3.05) is 38.0 Å².